The van der Waals surface area contributed by atoms with Gasteiger partial charge in [-0.15, -0.1) is 0 Å². The molecule has 0 fully saturated rings. The zero-order valence-electron chi connectivity index (χ0n) is 25.9. The third kappa shape index (κ3) is 7.75. The summed E-state index contributed by atoms with van der Waals surface area (Å²) >= 11 is 0. The van der Waals surface area contributed by atoms with E-state index >= 15 is 0 Å². The first-order valence-electron chi connectivity index (χ1n) is 14.5. The Balaban J connectivity index is 1.48. The fourth-order valence-corrected chi connectivity index (χ4v) is 4.77. The zero-order valence-corrected chi connectivity index (χ0v) is 25.9. The van der Waals surface area contributed by atoms with Crippen molar-refractivity contribution in [2.45, 2.75) is 79.7 Å². The van der Waals surface area contributed by atoms with E-state index in [1.54, 1.807) is 9.80 Å². The van der Waals surface area contributed by atoms with Crippen LogP contribution in [0.3, 0.4) is 0 Å². The molecule has 42 heavy (non-hydrogen) atoms. The first-order valence-corrected chi connectivity index (χ1v) is 14.5. The number of rotatable bonds is 7. The number of benzene rings is 3. The number of ether oxygens (including phenoxy) is 2. The lowest BCUT2D eigenvalue weighted by Gasteiger charge is -2.37. The first kappa shape index (κ1) is 30.8. The van der Waals surface area contributed by atoms with E-state index in [1.165, 1.54) is 0 Å². The summed E-state index contributed by atoms with van der Waals surface area (Å²) in [6.45, 7) is 15.1. The average molecular weight is 573 g/mol. The average Bonchev–Trinajstić information content (AvgIpc) is 3.34. The molecule has 3 aromatic rings. The Morgan fingerprint density at radius 1 is 0.976 bits per heavy atom. The SMILES string of the molecule is C[C@H](N(Cc1ccc(Nc2ccc3c(c2)N(C(=O)OC(C)(C)C)CC3)c(N)c1)C(=O)OCc1ccccc1)C(C)(C)C. The molecule has 0 bridgehead atoms. The van der Waals surface area contributed by atoms with E-state index in [0.29, 0.717) is 18.8 Å². The molecule has 0 aromatic heterocycles. The van der Waals surface area contributed by atoms with Crippen LogP contribution < -0.4 is 16.0 Å². The van der Waals surface area contributed by atoms with Crippen molar-refractivity contribution in [1.29, 1.82) is 0 Å². The topological polar surface area (TPSA) is 97.1 Å². The van der Waals surface area contributed by atoms with E-state index in [0.717, 1.165) is 40.2 Å². The van der Waals surface area contributed by atoms with Crippen molar-refractivity contribution < 1.29 is 19.1 Å². The van der Waals surface area contributed by atoms with Crippen molar-refractivity contribution in [2.75, 3.05) is 22.5 Å². The van der Waals surface area contributed by atoms with Gasteiger partial charge in [0.2, 0.25) is 0 Å². The maximum absolute atomic E-state index is 13.3. The van der Waals surface area contributed by atoms with Crippen LogP contribution in [-0.4, -0.2) is 35.3 Å². The first-order chi connectivity index (χ1) is 19.7. The second kappa shape index (κ2) is 12.3. The molecule has 0 unspecified atom stereocenters. The molecule has 0 aliphatic carbocycles. The third-order valence-corrected chi connectivity index (χ3v) is 7.50. The van der Waals surface area contributed by atoms with E-state index in [2.05, 4.69) is 26.1 Å². The molecular formula is C34H44N4O4. The molecule has 8 heteroatoms. The minimum absolute atomic E-state index is 0.0841. The van der Waals surface area contributed by atoms with Gasteiger partial charge < -0.3 is 25.4 Å². The monoisotopic (exact) mass is 572 g/mol. The highest BCUT2D eigenvalue weighted by Gasteiger charge is 2.31. The largest absolute Gasteiger partial charge is 0.445 e. The van der Waals surface area contributed by atoms with Gasteiger partial charge in [0.1, 0.15) is 12.2 Å². The van der Waals surface area contributed by atoms with Crippen molar-refractivity contribution in [1.82, 2.24) is 4.90 Å². The molecule has 1 aliphatic heterocycles. The van der Waals surface area contributed by atoms with Crippen LogP contribution in [-0.2, 0) is 29.0 Å². The van der Waals surface area contributed by atoms with E-state index in [9.17, 15) is 9.59 Å². The van der Waals surface area contributed by atoms with Crippen LogP contribution in [0, 0.1) is 5.41 Å². The number of nitrogens with two attached hydrogens (primary N) is 1. The van der Waals surface area contributed by atoms with Gasteiger partial charge in [0.25, 0.3) is 0 Å². The smallest absolute Gasteiger partial charge is 0.414 e. The van der Waals surface area contributed by atoms with Crippen molar-refractivity contribution >= 4 is 34.9 Å². The molecule has 1 atom stereocenters. The molecular weight excluding hydrogens is 528 g/mol. The lowest BCUT2D eigenvalue weighted by Crippen LogP contribution is -2.45. The third-order valence-electron chi connectivity index (χ3n) is 7.50. The lowest BCUT2D eigenvalue weighted by molar-refractivity contribution is 0.0539. The summed E-state index contributed by atoms with van der Waals surface area (Å²) in [5.41, 5.74) is 11.7. The number of nitrogens with zero attached hydrogens (tertiary/aromatic N) is 2. The standard InChI is InChI=1S/C34H44N4O4/c1-23(33(2,3)4)38(31(39)41-22-24-11-9-8-10-12-24)21-25-13-16-29(28(35)19-25)36-27-15-14-26-17-18-37(30(26)20-27)32(40)42-34(5,6)7/h8-16,19-20,23,36H,17-18,21-22,35H2,1-7H3/t23-/m0/s1. The molecule has 2 amide bonds. The molecule has 4 rings (SSSR count). The molecule has 0 saturated carbocycles. The van der Waals surface area contributed by atoms with Gasteiger partial charge in [-0.1, -0.05) is 63.2 Å². The quantitative estimate of drug-likeness (QED) is 0.280. The maximum atomic E-state index is 13.3. The number of hydrogen-bond acceptors (Lipinski definition) is 6. The minimum atomic E-state index is -0.565. The van der Waals surface area contributed by atoms with Gasteiger partial charge in [0.15, 0.2) is 0 Å². The summed E-state index contributed by atoms with van der Waals surface area (Å²) in [4.78, 5) is 29.5. The number of anilines is 4. The predicted octanol–water partition coefficient (Wildman–Crippen LogP) is 7.88. The lowest BCUT2D eigenvalue weighted by atomic mass is 9.87. The van der Waals surface area contributed by atoms with Crippen molar-refractivity contribution in [3.05, 3.63) is 83.4 Å². The van der Waals surface area contributed by atoms with E-state index in [-0.39, 0.29) is 30.3 Å². The number of nitrogens with one attached hydrogen (secondary N) is 1. The highest BCUT2D eigenvalue weighted by atomic mass is 16.6. The summed E-state index contributed by atoms with van der Waals surface area (Å²) < 4.78 is 11.3. The molecule has 224 valence electrons. The minimum Gasteiger partial charge on any atom is -0.445 e. The number of carbonyl (C=O) groups excluding carboxylic acids is 2. The summed E-state index contributed by atoms with van der Waals surface area (Å²) in [5.74, 6) is 0. The second-order valence-corrected chi connectivity index (χ2v) is 13.0. The summed E-state index contributed by atoms with van der Waals surface area (Å²) in [6, 6.07) is 21.3. The Kier molecular flexibility index (Phi) is 9.04. The maximum Gasteiger partial charge on any atom is 0.414 e. The van der Waals surface area contributed by atoms with Gasteiger partial charge in [-0.2, -0.15) is 0 Å². The molecule has 0 spiro atoms. The zero-order chi connectivity index (χ0) is 30.7. The molecule has 1 aliphatic rings. The molecule has 0 saturated heterocycles. The highest BCUT2D eigenvalue weighted by molar-refractivity contribution is 5.92. The van der Waals surface area contributed by atoms with Gasteiger partial charge in [-0.05, 0) is 80.5 Å². The van der Waals surface area contributed by atoms with E-state index in [1.807, 2.05) is 94.4 Å². The Morgan fingerprint density at radius 3 is 2.33 bits per heavy atom. The molecule has 1 heterocycles. The second-order valence-electron chi connectivity index (χ2n) is 13.0. The van der Waals surface area contributed by atoms with Gasteiger partial charge >= 0.3 is 12.2 Å². The number of carbonyl (C=O) groups is 2. The number of nitrogen functional groups attached to an aromatic ring is 1. The van der Waals surface area contributed by atoms with E-state index < -0.39 is 5.60 Å². The van der Waals surface area contributed by atoms with Crippen LogP contribution in [0.2, 0.25) is 0 Å². The molecule has 8 nitrogen and oxygen atoms in total. The Labute approximate surface area is 249 Å². The van der Waals surface area contributed by atoms with Gasteiger partial charge in [0, 0.05) is 24.8 Å². The van der Waals surface area contributed by atoms with Crippen molar-refractivity contribution in [3.8, 4) is 0 Å². The highest BCUT2D eigenvalue weighted by Crippen LogP contribution is 2.34. The van der Waals surface area contributed by atoms with Crippen LogP contribution in [0.15, 0.2) is 66.7 Å². The van der Waals surface area contributed by atoms with Crippen LogP contribution in [0.4, 0.5) is 32.3 Å². The predicted molar refractivity (Wildman–Crippen MR) is 169 cm³/mol. The number of fused-ring (bicyclic) bond motifs is 1. The van der Waals surface area contributed by atoms with Gasteiger partial charge in [-0.3, -0.25) is 4.90 Å². The Hall–Kier alpha value is -4.20. The van der Waals surface area contributed by atoms with Crippen LogP contribution >= 0.6 is 0 Å². The van der Waals surface area contributed by atoms with E-state index in [4.69, 9.17) is 15.2 Å². The molecule has 0 radical (unpaired) electrons. The Morgan fingerprint density at radius 2 is 1.69 bits per heavy atom. The Bertz CT molecular complexity index is 1410. The summed E-state index contributed by atoms with van der Waals surface area (Å²) in [7, 11) is 0. The van der Waals surface area contributed by atoms with Crippen LogP contribution in [0.25, 0.3) is 0 Å². The number of hydrogen-bond donors (Lipinski definition) is 2. The van der Waals surface area contributed by atoms with Crippen LogP contribution in [0.5, 0.6) is 0 Å². The molecule has 3 aromatic carbocycles. The normalized spacial score (nSPS) is 13.7. The van der Waals surface area contributed by atoms with Crippen molar-refractivity contribution in [2.24, 2.45) is 5.41 Å². The fourth-order valence-electron chi connectivity index (χ4n) is 4.77. The van der Waals surface area contributed by atoms with Gasteiger partial charge in [-0.25, -0.2) is 9.59 Å². The fraction of sp³-hybridized carbons (Fsp3) is 0.412. The molecule has 3 N–H and O–H groups in total. The van der Waals surface area contributed by atoms with Crippen LogP contribution in [0.1, 0.15) is 65.2 Å². The van der Waals surface area contributed by atoms with Gasteiger partial charge in [0.05, 0.1) is 17.1 Å². The summed E-state index contributed by atoms with van der Waals surface area (Å²) in [5, 5.41) is 3.39. The van der Waals surface area contributed by atoms with Crippen molar-refractivity contribution in [3.63, 3.8) is 0 Å². The summed E-state index contributed by atoms with van der Waals surface area (Å²) in [6.07, 6.45) is 0.0662. The number of amides is 2.